The minimum absolute atomic E-state index is 0.0544. The minimum Gasteiger partial charge on any atom is -0.379 e. The van der Waals surface area contributed by atoms with Crippen molar-refractivity contribution in [3.63, 3.8) is 0 Å². The van der Waals surface area contributed by atoms with Crippen LogP contribution in [0.15, 0.2) is 47.4 Å². The van der Waals surface area contributed by atoms with E-state index in [0.717, 1.165) is 16.8 Å². The summed E-state index contributed by atoms with van der Waals surface area (Å²) >= 11 is 0. The zero-order chi connectivity index (χ0) is 19.0. The van der Waals surface area contributed by atoms with E-state index in [9.17, 15) is 13.2 Å². The van der Waals surface area contributed by atoms with Crippen molar-refractivity contribution in [1.82, 2.24) is 4.31 Å². The smallest absolute Gasteiger partial charge is 0.258 e. The molecule has 1 saturated heterocycles. The van der Waals surface area contributed by atoms with E-state index < -0.39 is 10.0 Å². The van der Waals surface area contributed by atoms with Crippen LogP contribution in [0.25, 0.3) is 0 Å². The van der Waals surface area contributed by atoms with E-state index in [-0.39, 0.29) is 10.8 Å². The summed E-state index contributed by atoms with van der Waals surface area (Å²) in [6.07, 6.45) is 0.652. The SMILES string of the molecule is Cc1cccc(C(=O)N2CCc3cc(S(=O)(=O)N4CCOCC4)ccc32)c1. The molecule has 142 valence electrons. The molecule has 0 aliphatic carbocycles. The van der Waals surface area contributed by atoms with Crippen LogP contribution in [0.5, 0.6) is 0 Å². The fourth-order valence-electron chi connectivity index (χ4n) is 3.62. The fourth-order valence-corrected chi connectivity index (χ4v) is 5.08. The maximum absolute atomic E-state index is 12.9. The van der Waals surface area contributed by atoms with Crippen molar-refractivity contribution in [3.8, 4) is 0 Å². The highest BCUT2D eigenvalue weighted by Gasteiger charge is 2.30. The molecule has 0 aromatic heterocycles. The zero-order valence-electron chi connectivity index (χ0n) is 15.2. The summed E-state index contributed by atoms with van der Waals surface area (Å²) in [5.74, 6) is -0.0544. The highest BCUT2D eigenvalue weighted by molar-refractivity contribution is 7.89. The number of carbonyl (C=O) groups excluding carboxylic acids is 1. The van der Waals surface area contributed by atoms with Gasteiger partial charge in [-0.1, -0.05) is 17.7 Å². The van der Waals surface area contributed by atoms with E-state index in [1.54, 1.807) is 23.1 Å². The number of ether oxygens (including phenoxy) is 1. The number of anilines is 1. The monoisotopic (exact) mass is 386 g/mol. The summed E-state index contributed by atoms with van der Waals surface area (Å²) in [5.41, 5.74) is 3.37. The van der Waals surface area contributed by atoms with Gasteiger partial charge in [-0.25, -0.2) is 8.42 Å². The second-order valence-electron chi connectivity index (χ2n) is 6.88. The average Bonchev–Trinajstić information content (AvgIpc) is 3.11. The second kappa shape index (κ2) is 7.07. The number of hydrogen-bond donors (Lipinski definition) is 0. The third-order valence-electron chi connectivity index (χ3n) is 5.06. The van der Waals surface area contributed by atoms with Crippen molar-refractivity contribution >= 4 is 21.6 Å². The number of benzene rings is 2. The number of aryl methyl sites for hydroxylation is 1. The summed E-state index contributed by atoms with van der Waals surface area (Å²) in [7, 11) is -3.53. The molecule has 6 nitrogen and oxygen atoms in total. The highest BCUT2D eigenvalue weighted by Crippen LogP contribution is 2.32. The lowest BCUT2D eigenvalue weighted by molar-refractivity contribution is 0.0730. The molecule has 2 aliphatic heterocycles. The van der Waals surface area contributed by atoms with Crippen LogP contribution in [-0.2, 0) is 21.2 Å². The standard InChI is InChI=1S/C20H22N2O4S/c1-15-3-2-4-17(13-15)20(23)22-8-7-16-14-18(5-6-19(16)22)27(24,25)21-9-11-26-12-10-21/h2-6,13-14H,7-12H2,1H3. The van der Waals surface area contributed by atoms with Gasteiger partial charge in [0.1, 0.15) is 0 Å². The molecular weight excluding hydrogens is 364 g/mol. The Morgan fingerprint density at radius 2 is 1.81 bits per heavy atom. The number of hydrogen-bond acceptors (Lipinski definition) is 4. The first-order valence-corrected chi connectivity index (χ1v) is 10.5. The quantitative estimate of drug-likeness (QED) is 0.811. The number of amides is 1. The fraction of sp³-hybridized carbons (Fsp3) is 0.350. The molecule has 2 aromatic rings. The summed E-state index contributed by atoms with van der Waals surface area (Å²) in [4.78, 5) is 14.9. The van der Waals surface area contributed by atoms with Gasteiger partial charge in [-0.3, -0.25) is 4.79 Å². The Morgan fingerprint density at radius 1 is 1.04 bits per heavy atom. The molecule has 0 unspecified atom stereocenters. The minimum atomic E-state index is -3.53. The maximum Gasteiger partial charge on any atom is 0.258 e. The number of rotatable bonds is 3. The van der Waals surface area contributed by atoms with Crippen LogP contribution in [0.1, 0.15) is 21.5 Å². The first kappa shape index (κ1) is 18.2. The number of fused-ring (bicyclic) bond motifs is 1. The van der Waals surface area contributed by atoms with Crippen LogP contribution in [-0.4, -0.2) is 51.5 Å². The average molecular weight is 386 g/mol. The third-order valence-corrected chi connectivity index (χ3v) is 6.96. The van der Waals surface area contributed by atoms with Crippen molar-refractivity contribution in [1.29, 1.82) is 0 Å². The molecular formula is C20H22N2O4S. The van der Waals surface area contributed by atoms with E-state index in [2.05, 4.69) is 0 Å². The Labute approximate surface area is 159 Å². The van der Waals surface area contributed by atoms with E-state index in [4.69, 9.17) is 4.74 Å². The molecule has 2 heterocycles. The normalized spacial score (nSPS) is 17.7. The Morgan fingerprint density at radius 3 is 2.56 bits per heavy atom. The molecule has 0 atom stereocenters. The van der Waals surface area contributed by atoms with E-state index >= 15 is 0 Å². The molecule has 0 bridgehead atoms. The van der Waals surface area contributed by atoms with Crippen LogP contribution in [0.4, 0.5) is 5.69 Å². The van der Waals surface area contributed by atoms with Gasteiger partial charge >= 0.3 is 0 Å². The van der Waals surface area contributed by atoms with Gasteiger partial charge in [0, 0.05) is 30.9 Å². The Balaban J connectivity index is 1.62. The molecule has 27 heavy (non-hydrogen) atoms. The summed E-state index contributed by atoms with van der Waals surface area (Å²) in [6.45, 7) is 4.10. The first-order chi connectivity index (χ1) is 13.0. The Hall–Kier alpha value is -2.22. The van der Waals surface area contributed by atoms with Gasteiger partial charge in [-0.15, -0.1) is 0 Å². The number of morpholine rings is 1. The lowest BCUT2D eigenvalue weighted by Crippen LogP contribution is -2.40. The van der Waals surface area contributed by atoms with Crippen LogP contribution in [0.2, 0.25) is 0 Å². The van der Waals surface area contributed by atoms with E-state index in [1.807, 2.05) is 31.2 Å². The van der Waals surface area contributed by atoms with Crippen molar-refractivity contribution in [3.05, 3.63) is 59.2 Å². The van der Waals surface area contributed by atoms with Crippen LogP contribution >= 0.6 is 0 Å². The topological polar surface area (TPSA) is 66.9 Å². The molecule has 0 spiro atoms. The Kier molecular flexibility index (Phi) is 4.75. The van der Waals surface area contributed by atoms with E-state index in [1.165, 1.54) is 4.31 Å². The largest absolute Gasteiger partial charge is 0.379 e. The van der Waals surface area contributed by atoms with Crippen LogP contribution < -0.4 is 4.90 Å². The predicted octanol–water partition coefficient (Wildman–Crippen LogP) is 2.22. The highest BCUT2D eigenvalue weighted by atomic mass is 32.2. The first-order valence-electron chi connectivity index (χ1n) is 9.06. The molecule has 0 N–H and O–H groups in total. The summed E-state index contributed by atoms with van der Waals surface area (Å²) in [6, 6.07) is 12.6. The van der Waals surface area contributed by atoms with Crippen molar-refractivity contribution in [2.75, 3.05) is 37.7 Å². The molecule has 1 fully saturated rings. The maximum atomic E-state index is 12.9. The molecule has 4 rings (SSSR count). The van der Waals surface area contributed by atoms with Gasteiger partial charge in [-0.2, -0.15) is 4.31 Å². The van der Waals surface area contributed by atoms with Gasteiger partial charge in [-0.05, 0) is 49.2 Å². The van der Waals surface area contributed by atoms with Crippen molar-refractivity contribution < 1.29 is 17.9 Å². The molecule has 2 aromatic carbocycles. The number of nitrogens with zero attached hydrogens (tertiary/aromatic N) is 2. The molecule has 2 aliphatic rings. The van der Waals surface area contributed by atoms with Crippen molar-refractivity contribution in [2.45, 2.75) is 18.2 Å². The van der Waals surface area contributed by atoms with Gasteiger partial charge in [0.15, 0.2) is 0 Å². The second-order valence-corrected chi connectivity index (χ2v) is 8.82. The Bertz CT molecular complexity index is 981. The van der Waals surface area contributed by atoms with Crippen LogP contribution in [0, 0.1) is 6.92 Å². The van der Waals surface area contributed by atoms with Crippen molar-refractivity contribution in [2.24, 2.45) is 0 Å². The van der Waals surface area contributed by atoms with Gasteiger partial charge in [0.2, 0.25) is 10.0 Å². The van der Waals surface area contributed by atoms with Crippen LogP contribution in [0.3, 0.4) is 0 Å². The number of carbonyl (C=O) groups is 1. The van der Waals surface area contributed by atoms with Gasteiger partial charge in [0.05, 0.1) is 18.1 Å². The predicted molar refractivity (Wildman–Crippen MR) is 103 cm³/mol. The zero-order valence-corrected chi connectivity index (χ0v) is 16.0. The van der Waals surface area contributed by atoms with Gasteiger partial charge < -0.3 is 9.64 Å². The molecule has 0 saturated carbocycles. The molecule has 7 heteroatoms. The number of sulfonamides is 1. The molecule has 0 radical (unpaired) electrons. The lowest BCUT2D eigenvalue weighted by atomic mass is 10.1. The molecule has 1 amide bonds. The van der Waals surface area contributed by atoms with Gasteiger partial charge in [0.25, 0.3) is 5.91 Å². The van der Waals surface area contributed by atoms with E-state index in [0.29, 0.717) is 44.8 Å². The summed E-state index contributed by atoms with van der Waals surface area (Å²) < 4.78 is 32.4. The summed E-state index contributed by atoms with van der Waals surface area (Å²) in [5, 5.41) is 0. The lowest BCUT2D eigenvalue weighted by Gasteiger charge is -2.26. The third kappa shape index (κ3) is 3.38.